The summed E-state index contributed by atoms with van der Waals surface area (Å²) in [6.07, 6.45) is 1.48. The zero-order chi connectivity index (χ0) is 16.9. The van der Waals surface area contributed by atoms with Crippen molar-refractivity contribution in [3.8, 4) is 5.75 Å². The molecule has 126 valence electrons. The summed E-state index contributed by atoms with van der Waals surface area (Å²) in [6.45, 7) is 2.00. The molecule has 2 aromatic rings. The maximum Gasteiger partial charge on any atom is 0.289 e. The Kier molecular flexibility index (Phi) is 5.39. The van der Waals surface area contributed by atoms with Gasteiger partial charge in [0.05, 0.1) is 6.26 Å². The van der Waals surface area contributed by atoms with Crippen LogP contribution in [-0.2, 0) is 4.79 Å². The lowest BCUT2D eigenvalue weighted by atomic mass is 10.3. The second-order valence-electron chi connectivity index (χ2n) is 5.39. The van der Waals surface area contributed by atoms with E-state index in [2.05, 4.69) is 22.6 Å². The zero-order valence-corrected chi connectivity index (χ0v) is 15.1. The minimum absolute atomic E-state index is 0.00667. The molecule has 2 heterocycles. The van der Waals surface area contributed by atoms with Gasteiger partial charge in [-0.1, -0.05) is 0 Å². The molecule has 1 aromatic heterocycles. The molecule has 0 spiro atoms. The molecule has 3 rings (SSSR count). The van der Waals surface area contributed by atoms with Crippen molar-refractivity contribution in [2.24, 2.45) is 0 Å². The Hall–Kier alpha value is -2.03. The number of benzene rings is 1. The predicted octanol–water partition coefficient (Wildman–Crippen LogP) is 2.25. The second kappa shape index (κ2) is 7.69. The van der Waals surface area contributed by atoms with Gasteiger partial charge in [0.15, 0.2) is 12.4 Å². The molecule has 1 aliphatic heterocycles. The van der Waals surface area contributed by atoms with Crippen molar-refractivity contribution in [2.75, 3.05) is 32.8 Å². The highest BCUT2D eigenvalue weighted by molar-refractivity contribution is 14.1. The maximum atomic E-state index is 12.2. The van der Waals surface area contributed by atoms with Gasteiger partial charge in [-0.15, -0.1) is 0 Å². The van der Waals surface area contributed by atoms with Gasteiger partial charge in [-0.05, 0) is 59.0 Å². The summed E-state index contributed by atoms with van der Waals surface area (Å²) in [5, 5.41) is 0. The number of amides is 2. The predicted molar refractivity (Wildman–Crippen MR) is 95.8 cm³/mol. The molecule has 0 aliphatic carbocycles. The molecular formula is C17H17IN2O4. The fourth-order valence-corrected chi connectivity index (χ4v) is 2.84. The van der Waals surface area contributed by atoms with E-state index >= 15 is 0 Å². The van der Waals surface area contributed by atoms with Gasteiger partial charge in [0.1, 0.15) is 5.75 Å². The number of carbonyl (C=O) groups is 2. The van der Waals surface area contributed by atoms with Crippen molar-refractivity contribution in [2.45, 2.75) is 0 Å². The van der Waals surface area contributed by atoms with Gasteiger partial charge < -0.3 is 19.0 Å². The van der Waals surface area contributed by atoms with E-state index in [0.717, 1.165) is 3.57 Å². The number of hydrogen-bond donors (Lipinski definition) is 0. The number of halogens is 1. The van der Waals surface area contributed by atoms with Crippen LogP contribution >= 0.6 is 22.6 Å². The monoisotopic (exact) mass is 440 g/mol. The third kappa shape index (κ3) is 4.08. The average Bonchev–Trinajstić information content (AvgIpc) is 3.15. The summed E-state index contributed by atoms with van der Waals surface area (Å²) in [5.41, 5.74) is 0. The molecule has 1 fully saturated rings. The topological polar surface area (TPSA) is 63.0 Å². The van der Waals surface area contributed by atoms with E-state index in [1.807, 2.05) is 24.3 Å². The van der Waals surface area contributed by atoms with Crippen LogP contribution < -0.4 is 4.74 Å². The molecule has 7 heteroatoms. The zero-order valence-electron chi connectivity index (χ0n) is 13.0. The first-order chi connectivity index (χ1) is 11.6. The minimum Gasteiger partial charge on any atom is -0.484 e. The lowest BCUT2D eigenvalue weighted by Gasteiger charge is -2.34. The van der Waals surface area contributed by atoms with Crippen LogP contribution in [0.3, 0.4) is 0 Å². The van der Waals surface area contributed by atoms with E-state index in [1.165, 1.54) is 6.26 Å². The van der Waals surface area contributed by atoms with Gasteiger partial charge in [-0.25, -0.2) is 0 Å². The summed E-state index contributed by atoms with van der Waals surface area (Å²) >= 11 is 2.21. The Morgan fingerprint density at radius 1 is 1.04 bits per heavy atom. The largest absolute Gasteiger partial charge is 0.484 e. The van der Waals surface area contributed by atoms with Gasteiger partial charge in [0, 0.05) is 29.7 Å². The van der Waals surface area contributed by atoms with E-state index in [4.69, 9.17) is 9.15 Å². The molecule has 2 amide bonds. The van der Waals surface area contributed by atoms with Crippen LogP contribution in [-0.4, -0.2) is 54.4 Å². The van der Waals surface area contributed by atoms with Gasteiger partial charge in [0.25, 0.3) is 11.8 Å². The number of furan rings is 1. The fraction of sp³-hybridized carbons (Fsp3) is 0.294. The number of carbonyl (C=O) groups excluding carboxylic acids is 2. The molecule has 0 saturated carbocycles. The molecule has 0 bridgehead atoms. The van der Waals surface area contributed by atoms with E-state index in [-0.39, 0.29) is 18.4 Å². The summed E-state index contributed by atoms with van der Waals surface area (Å²) < 4.78 is 11.8. The molecule has 24 heavy (non-hydrogen) atoms. The van der Waals surface area contributed by atoms with E-state index in [0.29, 0.717) is 37.7 Å². The Morgan fingerprint density at radius 2 is 1.71 bits per heavy atom. The lowest BCUT2D eigenvalue weighted by Crippen LogP contribution is -2.51. The highest BCUT2D eigenvalue weighted by atomic mass is 127. The number of ether oxygens (including phenoxy) is 1. The second-order valence-corrected chi connectivity index (χ2v) is 6.64. The first-order valence-corrected chi connectivity index (χ1v) is 8.70. The molecular weight excluding hydrogens is 423 g/mol. The molecule has 0 N–H and O–H groups in total. The smallest absolute Gasteiger partial charge is 0.289 e. The van der Waals surface area contributed by atoms with Crippen molar-refractivity contribution in [1.29, 1.82) is 0 Å². The third-order valence-corrected chi connectivity index (χ3v) is 4.55. The van der Waals surface area contributed by atoms with Crippen LogP contribution in [0.4, 0.5) is 0 Å². The van der Waals surface area contributed by atoms with Gasteiger partial charge in [-0.2, -0.15) is 0 Å². The molecule has 6 nitrogen and oxygen atoms in total. The summed E-state index contributed by atoms with van der Waals surface area (Å²) in [7, 11) is 0. The first-order valence-electron chi connectivity index (χ1n) is 7.62. The highest BCUT2D eigenvalue weighted by Crippen LogP contribution is 2.14. The number of piperazine rings is 1. The summed E-state index contributed by atoms with van der Waals surface area (Å²) in [4.78, 5) is 27.8. The van der Waals surface area contributed by atoms with Crippen LogP contribution in [0.15, 0.2) is 47.1 Å². The molecule has 1 aliphatic rings. The summed E-state index contributed by atoms with van der Waals surface area (Å²) in [6, 6.07) is 10.9. The number of nitrogens with zero attached hydrogens (tertiary/aromatic N) is 2. The third-order valence-electron chi connectivity index (χ3n) is 3.83. The standard InChI is InChI=1S/C17H17IN2O4/c18-13-3-5-14(6-4-13)24-12-16(21)19-7-9-20(10-8-19)17(22)15-2-1-11-23-15/h1-6,11H,7-10,12H2. The maximum absolute atomic E-state index is 12.2. The Labute approximate surface area is 153 Å². The van der Waals surface area contributed by atoms with Gasteiger partial charge in [-0.3, -0.25) is 9.59 Å². The molecule has 1 saturated heterocycles. The Balaban J connectivity index is 1.46. The van der Waals surface area contributed by atoms with Crippen molar-refractivity contribution < 1.29 is 18.7 Å². The van der Waals surface area contributed by atoms with E-state index in [1.54, 1.807) is 21.9 Å². The van der Waals surface area contributed by atoms with Crippen molar-refractivity contribution in [3.05, 3.63) is 52.0 Å². The van der Waals surface area contributed by atoms with Crippen molar-refractivity contribution in [1.82, 2.24) is 9.80 Å². The van der Waals surface area contributed by atoms with Crippen LogP contribution in [0.5, 0.6) is 5.75 Å². The van der Waals surface area contributed by atoms with Gasteiger partial charge in [0.2, 0.25) is 0 Å². The van der Waals surface area contributed by atoms with Crippen molar-refractivity contribution in [3.63, 3.8) is 0 Å². The summed E-state index contributed by atoms with van der Waals surface area (Å²) in [5.74, 6) is 0.799. The van der Waals surface area contributed by atoms with Crippen LogP contribution in [0, 0.1) is 3.57 Å². The van der Waals surface area contributed by atoms with E-state index in [9.17, 15) is 9.59 Å². The lowest BCUT2D eigenvalue weighted by molar-refractivity contribution is -0.134. The SMILES string of the molecule is O=C(COc1ccc(I)cc1)N1CCN(C(=O)c2ccco2)CC1. The highest BCUT2D eigenvalue weighted by Gasteiger charge is 2.26. The molecule has 0 radical (unpaired) electrons. The average molecular weight is 440 g/mol. The minimum atomic E-state index is -0.137. The number of hydrogen-bond acceptors (Lipinski definition) is 4. The van der Waals surface area contributed by atoms with Crippen LogP contribution in [0.2, 0.25) is 0 Å². The van der Waals surface area contributed by atoms with E-state index < -0.39 is 0 Å². The molecule has 0 unspecified atom stereocenters. The molecule has 0 atom stereocenters. The Morgan fingerprint density at radius 3 is 2.33 bits per heavy atom. The first kappa shape index (κ1) is 16.8. The Bertz CT molecular complexity index is 692. The molecule has 1 aromatic carbocycles. The quantitative estimate of drug-likeness (QED) is 0.685. The fourth-order valence-electron chi connectivity index (χ4n) is 2.48. The van der Waals surface area contributed by atoms with Crippen LogP contribution in [0.25, 0.3) is 0 Å². The van der Waals surface area contributed by atoms with Crippen LogP contribution in [0.1, 0.15) is 10.6 Å². The van der Waals surface area contributed by atoms with Gasteiger partial charge >= 0.3 is 0 Å². The normalized spacial score (nSPS) is 14.5. The number of rotatable bonds is 4. The van der Waals surface area contributed by atoms with Crippen molar-refractivity contribution >= 4 is 34.4 Å².